The molecule has 6 heteroatoms. The lowest BCUT2D eigenvalue weighted by Crippen LogP contribution is -2.40. The maximum absolute atomic E-state index is 13.2. The molecule has 0 saturated carbocycles. The summed E-state index contributed by atoms with van der Waals surface area (Å²) in [5.74, 6) is -2.66. The summed E-state index contributed by atoms with van der Waals surface area (Å²) in [6, 6.07) is 2.67. The van der Waals surface area contributed by atoms with Gasteiger partial charge >= 0.3 is 5.97 Å². The average Bonchev–Trinajstić information content (AvgIpc) is 2.38. The van der Waals surface area contributed by atoms with Crippen molar-refractivity contribution in [1.82, 2.24) is 0 Å². The van der Waals surface area contributed by atoms with Crippen molar-refractivity contribution in [3.63, 3.8) is 0 Å². The van der Waals surface area contributed by atoms with Gasteiger partial charge in [-0.3, -0.25) is 4.79 Å². The minimum Gasteiger partial charge on any atom is -0.478 e. The first-order chi connectivity index (χ1) is 8.86. The Morgan fingerprint density at radius 3 is 2.63 bits per heavy atom. The molecule has 0 fully saturated rings. The molecule has 0 aliphatic carbocycles. The topological polar surface area (TPSA) is 92.4 Å². The van der Waals surface area contributed by atoms with E-state index in [0.29, 0.717) is 0 Å². The van der Waals surface area contributed by atoms with Gasteiger partial charge in [0.15, 0.2) is 0 Å². The number of halogens is 1. The van der Waals surface area contributed by atoms with Crippen LogP contribution in [0, 0.1) is 11.7 Å². The highest BCUT2D eigenvalue weighted by molar-refractivity contribution is 5.96. The summed E-state index contributed by atoms with van der Waals surface area (Å²) in [4.78, 5) is 22.6. The van der Waals surface area contributed by atoms with Crippen LogP contribution >= 0.6 is 0 Å². The molecule has 1 aromatic rings. The van der Waals surface area contributed by atoms with E-state index in [1.165, 1.54) is 6.07 Å². The molecule has 5 nitrogen and oxygen atoms in total. The van der Waals surface area contributed by atoms with Crippen LogP contribution in [-0.2, 0) is 4.79 Å². The number of hydrogen-bond acceptors (Lipinski definition) is 3. The standard InChI is InChI=1S/C13H17FN2O3/c1-3-7(2)11(15)12(17)16-8-4-5-10(14)9(6-8)13(18)19/h4-7,11H,3,15H2,1-2H3,(H,16,17)(H,18,19)/t7?,11-/m0/s1. The predicted octanol–water partition coefficient (Wildman–Crippen LogP) is 1.84. The summed E-state index contributed by atoms with van der Waals surface area (Å²) < 4.78 is 13.2. The molecule has 0 heterocycles. The molecule has 1 amide bonds. The Balaban J connectivity index is 2.86. The summed E-state index contributed by atoms with van der Waals surface area (Å²) in [6.07, 6.45) is 0.748. The quantitative estimate of drug-likeness (QED) is 0.759. The van der Waals surface area contributed by atoms with Gasteiger partial charge in [0.2, 0.25) is 5.91 Å². The van der Waals surface area contributed by atoms with Crippen LogP contribution in [0.1, 0.15) is 30.6 Å². The average molecular weight is 268 g/mol. The third-order valence-electron chi connectivity index (χ3n) is 3.02. The van der Waals surface area contributed by atoms with Crippen molar-refractivity contribution >= 4 is 17.6 Å². The van der Waals surface area contributed by atoms with E-state index in [9.17, 15) is 14.0 Å². The smallest absolute Gasteiger partial charge is 0.338 e. The van der Waals surface area contributed by atoms with Crippen molar-refractivity contribution in [3.8, 4) is 0 Å². The van der Waals surface area contributed by atoms with Crippen molar-refractivity contribution in [3.05, 3.63) is 29.6 Å². The van der Waals surface area contributed by atoms with Crippen LogP contribution < -0.4 is 11.1 Å². The van der Waals surface area contributed by atoms with E-state index in [1.807, 2.05) is 13.8 Å². The Hall–Kier alpha value is -1.95. The summed E-state index contributed by atoms with van der Waals surface area (Å²) in [5.41, 5.74) is 5.46. The first kappa shape index (κ1) is 15.1. The Bertz CT molecular complexity index is 491. The largest absolute Gasteiger partial charge is 0.478 e. The van der Waals surface area contributed by atoms with Gasteiger partial charge in [0.1, 0.15) is 5.82 Å². The number of carbonyl (C=O) groups is 2. The lowest BCUT2D eigenvalue weighted by Gasteiger charge is -2.17. The fraction of sp³-hybridized carbons (Fsp3) is 0.385. The fourth-order valence-electron chi connectivity index (χ4n) is 1.50. The number of anilines is 1. The molecule has 0 saturated heterocycles. The maximum atomic E-state index is 13.2. The van der Waals surface area contributed by atoms with Crippen molar-refractivity contribution in [1.29, 1.82) is 0 Å². The van der Waals surface area contributed by atoms with Crippen molar-refractivity contribution in [2.24, 2.45) is 11.7 Å². The van der Waals surface area contributed by atoms with E-state index in [-0.39, 0.29) is 11.6 Å². The first-order valence-electron chi connectivity index (χ1n) is 5.96. The second-order valence-electron chi connectivity index (χ2n) is 4.40. The van der Waals surface area contributed by atoms with E-state index in [4.69, 9.17) is 10.8 Å². The summed E-state index contributed by atoms with van der Waals surface area (Å²) >= 11 is 0. The molecule has 1 unspecified atom stereocenters. The summed E-state index contributed by atoms with van der Waals surface area (Å²) in [7, 11) is 0. The number of hydrogen-bond donors (Lipinski definition) is 3. The van der Waals surface area contributed by atoms with Crippen LogP contribution in [0.25, 0.3) is 0 Å². The Labute approximate surface area is 110 Å². The zero-order valence-corrected chi connectivity index (χ0v) is 10.8. The number of aromatic carboxylic acids is 1. The van der Waals surface area contributed by atoms with Gasteiger partial charge in [-0.2, -0.15) is 0 Å². The second kappa shape index (κ2) is 6.29. The van der Waals surface area contributed by atoms with Gasteiger partial charge in [-0.15, -0.1) is 0 Å². The van der Waals surface area contributed by atoms with Gasteiger partial charge in [0, 0.05) is 5.69 Å². The minimum absolute atomic E-state index is 0.000562. The highest BCUT2D eigenvalue weighted by Crippen LogP contribution is 2.16. The number of carboxylic acids is 1. The molecule has 0 bridgehead atoms. The van der Waals surface area contributed by atoms with Crippen LogP contribution in [-0.4, -0.2) is 23.0 Å². The van der Waals surface area contributed by atoms with Crippen LogP contribution in [0.4, 0.5) is 10.1 Å². The van der Waals surface area contributed by atoms with Crippen molar-refractivity contribution in [2.75, 3.05) is 5.32 Å². The molecule has 1 aromatic carbocycles. The van der Waals surface area contributed by atoms with Crippen LogP contribution in [0.2, 0.25) is 0 Å². The Morgan fingerprint density at radius 2 is 2.11 bits per heavy atom. The third kappa shape index (κ3) is 3.75. The fourth-order valence-corrected chi connectivity index (χ4v) is 1.50. The van der Waals surface area contributed by atoms with E-state index in [2.05, 4.69) is 5.32 Å². The van der Waals surface area contributed by atoms with Gasteiger partial charge in [0.05, 0.1) is 11.6 Å². The molecule has 0 aliphatic rings. The maximum Gasteiger partial charge on any atom is 0.338 e. The van der Waals surface area contributed by atoms with Gasteiger partial charge in [0.25, 0.3) is 0 Å². The minimum atomic E-state index is -1.39. The molecule has 104 valence electrons. The molecule has 19 heavy (non-hydrogen) atoms. The number of benzene rings is 1. The monoisotopic (exact) mass is 268 g/mol. The molecular formula is C13H17FN2O3. The van der Waals surface area contributed by atoms with Crippen LogP contribution in [0.3, 0.4) is 0 Å². The number of carbonyl (C=O) groups excluding carboxylic acids is 1. The number of carboxylic acid groups (broad SMARTS) is 1. The molecule has 4 N–H and O–H groups in total. The normalized spacial score (nSPS) is 13.7. The van der Waals surface area contributed by atoms with Crippen molar-refractivity contribution in [2.45, 2.75) is 26.3 Å². The number of nitrogens with one attached hydrogen (secondary N) is 1. The molecule has 1 rings (SSSR count). The first-order valence-corrected chi connectivity index (χ1v) is 5.96. The van der Waals surface area contributed by atoms with Crippen LogP contribution in [0.5, 0.6) is 0 Å². The lowest BCUT2D eigenvalue weighted by atomic mass is 9.99. The molecule has 0 spiro atoms. The number of nitrogens with two attached hydrogens (primary N) is 1. The Kier molecular flexibility index (Phi) is 5.00. The van der Waals surface area contributed by atoms with Crippen LogP contribution in [0.15, 0.2) is 18.2 Å². The van der Waals surface area contributed by atoms with Gasteiger partial charge in [-0.05, 0) is 24.1 Å². The molecule has 2 atom stereocenters. The highest BCUT2D eigenvalue weighted by Gasteiger charge is 2.20. The van der Waals surface area contributed by atoms with E-state index < -0.39 is 29.3 Å². The number of amides is 1. The summed E-state index contributed by atoms with van der Waals surface area (Å²) in [6.45, 7) is 3.76. The third-order valence-corrected chi connectivity index (χ3v) is 3.02. The number of rotatable bonds is 5. The molecule has 0 radical (unpaired) electrons. The zero-order valence-electron chi connectivity index (χ0n) is 10.8. The van der Waals surface area contributed by atoms with Gasteiger partial charge in [-0.1, -0.05) is 20.3 Å². The lowest BCUT2D eigenvalue weighted by molar-refractivity contribution is -0.118. The Morgan fingerprint density at radius 1 is 1.47 bits per heavy atom. The summed E-state index contributed by atoms with van der Waals surface area (Å²) in [5, 5.41) is 11.3. The van der Waals surface area contributed by atoms with Crippen molar-refractivity contribution < 1.29 is 19.1 Å². The molecular weight excluding hydrogens is 251 g/mol. The van der Waals surface area contributed by atoms with E-state index in [0.717, 1.165) is 18.6 Å². The SMILES string of the molecule is CCC(C)[C@H](N)C(=O)Nc1ccc(F)c(C(=O)O)c1. The second-order valence-corrected chi connectivity index (χ2v) is 4.40. The zero-order chi connectivity index (χ0) is 14.6. The van der Waals surface area contributed by atoms with Gasteiger partial charge < -0.3 is 16.2 Å². The van der Waals surface area contributed by atoms with E-state index >= 15 is 0 Å². The highest BCUT2D eigenvalue weighted by atomic mass is 19.1. The predicted molar refractivity (Wildman–Crippen MR) is 69.4 cm³/mol. The van der Waals surface area contributed by atoms with Gasteiger partial charge in [-0.25, -0.2) is 9.18 Å². The molecule has 0 aliphatic heterocycles. The van der Waals surface area contributed by atoms with E-state index in [1.54, 1.807) is 0 Å². The molecule has 0 aromatic heterocycles.